The maximum Gasteiger partial charge on any atom is 0.121 e. The average Bonchev–Trinajstić information content (AvgIpc) is 1.86. The lowest BCUT2D eigenvalue weighted by atomic mass is 10.4. The van der Waals surface area contributed by atoms with E-state index >= 15 is 0 Å². The van der Waals surface area contributed by atoms with Gasteiger partial charge in [0.15, 0.2) is 0 Å². The van der Waals surface area contributed by atoms with Crippen LogP contribution >= 0.6 is 0 Å². The molecule has 1 aliphatic rings. The van der Waals surface area contributed by atoms with Gasteiger partial charge in [-0.05, 0) is 6.92 Å². The van der Waals surface area contributed by atoms with Gasteiger partial charge in [-0.1, -0.05) is 5.10 Å². The molecule has 32 valence electrons. The van der Waals surface area contributed by atoms with E-state index in [4.69, 9.17) is 0 Å². The summed E-state index contributed by atoms with van der Waals surface area (Å²) in [5.74, 6) is 0. The minimum absolute atomic E-state index is 1.09. The molecule has 0 unspecified atom stereocenters. The number of nitrogens with two attached hydrogens (primary N) is 1. The summed E-state index contributed by atoms with van der Waals surface area (Å²) in [7, 11) is 0. The SMILES string of the molecule is CC1=N[NH2+]C=C1. The van der Waals surface area contributed by atoms with Crippen molar-refractivity contribution in [3.05, 3.63) is 12.3 Å². The third-order valence-corrected chi connectivity index (χ3v) is 0.702. The highest BCUT2D eigenvalue weighted by atomic mass is 15.3. The van der Waals surface area contributed by atoms with Gasteiger partial charge in [-0.2, -0.15) is 5.43 Å². The zero-order valence-corrected chi connectivity index (χ0v) is 3.68. The molecule has 0 radical (unpaired) electrons. The molecule has 0 aliphatic carbocycles. The zero-order chi connectivity index (χ0) is 4.41. The minimum Gasteiger partial charge on any atom is -0.194 e. The Balaban J connectivity index is 2.68. The average molecular weight is 83.1 g/mol. The maximum atomic E-state index is 3.92. The van der Waals surface area contributed by atoms with Gasteiger partial charge in [-0.15, -0.1) is 0 Å². The van der Waals surface area contributed by atoms with E-state index in [0.29, 0.717) is 0 Å². The Morgan fingerprint density at radius 1 is 1.83 bits per heavy atom. The van der Waals surface area contributed by atoms with Gasteiger partial charge in [0.25, 0.3) is 0 Å². The van der Waals surface area contributed by atoms with Gasteiger partial charge in [-0.3, -0.25) is 0 Å². The van der Waals surface area contributed by atoms with Crippen molar-refractivity contribution >= 4 is 5.71 Å². The van der Waals surface area contributed by atoms with Crippen LogP contribution in [0.5, 0.6) is 0 Å². The summed E-state index contributed by atoms with van der Waals surface area (Å²) in [5, 5.41) is 3.92. The number of hydrogen-bond donors (Lipinski definition) is 1. The van der Waals surface area contributed by atoms with E-state index in [-0.39, 0.29) is 0 Å². The van der Waals surface area contributed by atoms with E-state index in [1.807, 2.05) is 19.2 Å². The first-order valence-corrected chi connectivity index (χ1v) is 1.94. The highest BCUT2D eigenvalue weighted by Gasteiger charge is 1.90. The van der Waals surface area contributed by atoms with Gasteiger partial charge in [0.05, 0.1) is 5.71 Å². The van der Waals surface area contributed by atoms with Crippen molar-refractivity contribution in [1.82, 2.24) is 0 Å². The molecular weight excluding hydrogens is 76.1 g/mol. The number of quaternary nitrogens is 1. The highest BCUT2D eigenvalue weighted by molar-refractivity contribution is 5.92. The Bertz CT molecular complexity index is 99.4. The molecule has 0 aromatic rings. The normalized spacial score (nSPS) is 18.5. The number of nitrogens with zero attached hydrogens (tertiary/aromatic N) is 1. The first kappa shape index (κ1) is 3.56. The molecule has 0 bridgehead atoms. The lowest BCUT2D eigenvalue weighted by Crippen LogP contribution is -2.69. The lowest BCUT2D eigenvalue weighted by Gasteiger charge is -1.67. The Morgan fingerprint density at radius 2 is 2.67 bits per heavy atom. The Hall–Kier alpha value is -0.630. The molecule has 2 N–H and O–H groups in total. The standard InChI is InChI=1S/C4H6N2/c1-4-2-3-5-6-4/h2-3H,1H3,(H,5,6)/p+1. The van der Waals surface area contributed by atoms with Crippen molar-refractivity contribution in [2.24, 2.45) is 5.10 Å². The summed E-state index contributed by atoms with van der Waals surface area (Å²) in [6.45, 7) is 1.97. The quantitative estimate of drug-likeness (QED) is 0.381. The van der Waals surface area contributed by atoms with Crippen molar-refractivity contribution in [3.63, 3.8) is 0 Å². The zero-order valence-electron chi connectivity index (χ0n) is 3.68. The molecular formula is C4H7N2+. The lowest BCUT2D eigenvalue weighted by molar-refractivity contribution is -0.590. The summed E-state index contributed by atoms with van der Waals surface area (Å²) in [6, 6.07) is 0. The molecule has 0 amide bonds. The number of rotatable bonds is 0. The molecule has 1 rings (SSSR count). The molecule has 2 nitrogen and oxygen atoms in total. The van der Waals surface area contributed by atoms with E-state index < -0.39 is 0 Å². The van der Waals surface area contributed by atoms with Crippen LogP contribution in [0.1, 0.15) is 6.92 Å². The summed E-state index contributed by atoms with van der Waals surface area (Å²) in [6.07, 6.45) is 3.90. The van der Waals surface area contributed by atoms with E-state index in [2.05, 4.69) is 5.10 Å². The smallest absolute Gasteiger partial charge is 0.121 e. The Morgan fingerprint density at radius 3 is 2.83 bits per heavy atom. The third-order valence-electron chi connectivity index (χ3n) is 0.702. The van der Waals surface area contributed by atoms with Crippen molar-refractivity contribution in [1.29, 1.82) is 0 Å². The van der Waals surface area contributed by atoms with Gasteiger partial charge in [-0.25, -0.2) is 0 Å². The largest absolute Gasteiger partial charge is 0.194 e. The fourth-order valence-corrected chi connectivity index (χ4v) is 0.386. The van der Waals surface area contributed by atoms with Gasteiger partial charge >= 0.3 is 0 Å². The van der Waals surface area contributed by atoms with Crippen molar-refractivity contribution in [3.8, 4) is 0 Å². The Labute approximate surface area is 36.6 Å². The van der Waals surface area contributed by atoms with Gasteiger partial charge in [0.2, 0.25) is 0 Å². The summed E-state index contributed by atoms with van der Waals surface area (Å²) in [4.78, 5) is 0. The number of hydrogen-bond acceptors (Lipinski definition) is 1. The fraction of sp³-hybridized carbons (Fsp3) is 0.250. The molecule has 0 atom stereocenters. The van der Waals surface area contributed by atoms with Crippen LogP contribution in [0.2, 0.25) is 0 Å². The second-order valence-electron chi connectivity index (χ2n) is 1.28. The van der Waals surface area contributed by atoms with Gasteiger partial charge in [0, 0.05) is 6.08 Å². The molecule has 0 fully saturated rings. The van der Waals surface area contributed by atoms with Gasteiger partial charge < -0.3 is 0 Å². The van der Waals surface area contributed by atoms with E-state index in [1.54, 1.807) is 5.43 Å². The predicted molar refractivity (Wildman–Crippen MR) is 24.2 cm³/mol. The molecule has 1 heterocycles. The minimum atomic E-state index is 1.09. The van der Waals surface area contributed by atoms with Crippen LogP contribution in [0.4, 0.5) is 0 Å². The summed E-state index contributed by atoms with van der Waals surface area (Å²) in [5.41, 5.74) is 2.88. The number of allylic oxidation sites excluding steroid dienone is 1. The summed E-state index contributed by atoms with van der Waals surface area (Å²) < 4.78 is 0. The van der Waals surface area contributed by atoms with Crippen LogP contribution in [0.3, 0.4) is 0 Å². The first-order valence-electron chi connectivity index (χ1n) is 1.94. The summed E-state index contributed by atoms with van der Waals surface area (Å²) >= 11 is 0. The van der Waals surface area contributed by atoms with Crippen molar-refractivity contribution in [2.45, 2.75) is 6.92 Å². The molecule has 2 heteroatoms. The second kappa shape index (κ2) is 1.22. The van der Waals surface area contributed by atoms with Crippen LogP contribution in [0, 0.1) is 0 Å². The topological polar surface area (TPSA) is 29.0 Å². The van der Waals surface area contributed by atoms with Crippen molar-refractivity contribution < 1.29 is 5.43 Å². The van der Waals surface area contributed by atoms with Crippen LogP contribution < -0.4 is 5.43 Å². The molecule has 0 aromatic heterocycles. The Kier molecular flexibility index (Phi) is 0.725. The molecule has 1 aliphatic heterocycles. The predicted octanol–water partition coefficient (Wildman–Crippen LogP) is -0.547. The van der Waals surface area contributed by atoms with Gasteiger partial charge in [0.1, 0.15) is 6.20 Å². The van der Waals surface area contributed by atoms with E-state index in [9.17, 15) is 0 Å². The second-order valence-corrected chi connectivity index (χ2v) is 1.28. The maximum absolute atomic E-state index is 3.92. The van der Waals surface area contributed by atoms with Crippen LogP contribution in [-0.4, -0.2) is 5.71 Å². The molecule has 0 aromatic carbocycles. The fourth-order valence-electron chi connectivity index (χ4n) is 0.386. The van der Waals surface area contributed by atoms with E-state index in [1.165, 1.54) is 0 Å². The third kappa shape index (κ3) is 0.466. The molecule has 0 saturated heterocycles. The molecule has 0 saturated carbocycles. The highest BCUT2D eigenvalue weighted by Crippen LogP contribution is 1.74. The van der Waals surface area contributed by atoms with E-state index in [0.717, 1.165) is 5.71 Å². The van der Waals surface area contributed by atoms with Crippen LogP contribution in [0.25, 0.3) is 0 Å². The van der Waals surface area contributed by atoms with Crippen LogP contribution in [-0.2, 0) is 0 Å². The molecule has 0 spiro atoms. The molecule has 6 heavy (non-hydrogen) atoms. The first-order chi connectivity index (χ1) is 2.89. The van der Waals surface area contributed by atoms with Crippen LogP contribution in [0.15, 0.2) is 17.4 Å². The van der Waals surface area contributed by atoms with Crippen molar-refractivity contribution in [2.75, 3.05) is 0 Å². The monoisotopic (exact) mass is 83.1 g/mol.